The summed E-state index contributed by atoms with van der Waals surface area (Å²) < 4.78 is 16.6. The van der Waals surface area contributed by atoms with E-state index >= 15 is 0 Å². The van der Waals surface area contributed by atoms with E-state index in [0.29, 0.717) is 19.8 Å². The molecule has 3 saturated heterocycles. The van der Waals surface area contributed by atoms with Gasteiger partial charge in [0.05, 0.1) is 19.8 Å². The predicted molar refractivity (Wildman–Crippen MR) is 67.9 cm³/mol. The lowest BCUT2D eigenvalue weighted by Crippen LogP contribution is -2.58. The summed E-state index contributed by atoms with van der Waals surface area (Å²) in [7, 11) is 0. The van der Waals surface area contributed by atoms with Gasteiger partial charge >= 0.3 is 5.97 Å². The largest absolute Gasteiger partial charge is 0.376 e. The number of fused-ring (bicyclic) bond motifs is 3. The molecule has 0 spiro atoms. The van der Waals surface area contributed by atoms with Crippen LogP contribution in [0.15, 0.2) is 30.3 Å². The molecule has 3 aliphatic heterocycles. The molecule has 0 aliphatic carbocycles. The molecule has 1 atom stereocenters. The maximum atomic E-state index is 9.98. The SMILES string of the molecule is CC12COC(C#CC(O)c3ccccc3)(OC1)OC2. The molecule has 100 valence electrons. The van der Waals surface area contributed by atoms with Crippen LogP contribution in [0.4, 0.5) is 0 Å². The smallest absolute Gasteiger partial charge is 0.353 e. The van der Waals surface area contributed by atoms with Crippen molar-refractivity contribution in [2.24, 2.45) is 5.41 Å². The fourth-order valence-corrected chi connectivity index (χ4v) is 2.04. The number of benzene rings is 1. The van der Waals surface area contributed by atoms with Gasteiger partial charge in [-0.15, -0.1) is 0 Å². The molecule has 4 heteroatoms. The third kappa shape index (κ3) is 2.51. The van der Waals surface area contributed by atoms with Crippen LogP contribution in [-0.4, -0.2) is 30.9 Å². The zero-order chi connectivity index (χ0) is 13.3. The maximum Gasteiger partial charge on any atom is 0.353 e. The number of aliphatic hydroxyl groups is 1. The summed E-state index contributed by atoms with van der Waals surface area (Å²) in [5.74, 6) is 4.20. The van der Waals surface area contributed by atoms with Crippen LogP contribution < -0.4 is 0 Å². The van der Waals surface area contributed by atoms with E-state index in [1.165, 1.54) is 0 Å². The fourth-order valence-electron chi connectivity index (χ4n) is 2.04. The molecule has 3 heterocycles. The Morgan fingerprint density at radius 3 is 2.26 bits per heavy atom. The second-order valence-electron chi connectivity index (χ2n) is 5.32. The van der Waals surface area contributed by atoms with Gasteiger partial charge in [-0.3, -0.25) is 0 Å². The van der Waals surface area contributed by atoms with E-state index in [1.54, 1.807) is 0 Å². The van der Waals surface area contributed by atoms with Crippen molar-refractivity contribution < 1.29 is 19.3 Å². The number of ether oxygens (including phenoxy) is 3. The highest BCUT2D eigenvalue weighted by Crippen LogP contribution is 2.37. The van der Waals surface area contributed by atoms with Gasteiger partial charge in [-0.1, -0.05) is 43.2 Å². The predicted octanol–water partition coefficient (Wildman–Crippen LogP) is 1.46. The average Bonchev–Trinajstić information content (AvgIpc) is 2.47. The zero-order valence-corrected chi connectivity index (χ0v) is 10.8. The lowest BCUT2D eigenvalue weighted by atomic mass is 9.92. The Morgan fingerprint density at radius 1 is 1.11 bits per heavy atom. The van der Waals surface area contributed by atoms with Crippen molar-refractivity contribution >= 4 is 0 Å². The first-order valence-corrected chi connectivity index (χ1v) is 6.29. The molecular formula is C15H16O4. The minimum absolute atomic E-state index is 0.0819. The summed E-state index contributed by atoms with van der Waals surface area (Å²) in [5.41, 5.74) is 0.657. The molecule has 3 fully saturated rings. The molecular weight excluding hydrogens is 244 g/mol. The second kappa shape index (κ2) is 4.62. The summed E-state index contributed by atoms with van der Waals surface area (Å²) in [4.78, 5) is 0. The molecule has 1 aromatic rings. The lowest BCUT2D eigenvalue weighted by molar-refractivity contribution is -0.436. The topological polar surface area (TPSA) is 47.9 Å². The minimum atomic E-state index is -1.30. The fraction of sp³-hybridized carbons (Fsp3) is 0.467. The first-order valence-electron chi connectivity index (χ1n) is 6.29. The lowest BCUT2D eigenvalue weighted by Gasteiger charge is -2.47. The van der Waals surface area contributed by atoms with Gasteiger partial charge in [0.25, 0.3) is 0 Å². The van der Waals surface area contributed by atoms with E-state index < -0.39 is 12.1 Å². The van der Waals surface area contributed by atoms with Gasteiger partial charge in [0.1, 0.15) is 6.10 Å². The van der Waals surface area contributed by atoms with Crippen molar-refractivity contribution in [3.8, 4) is 11.8 Å². The van der Waals surface area contributed by atoms with Crippen molar-refractivity contribution in [2.75, 3.05) is 19.8 Å². The van der Waals surface area contributed by atoms with Crippen molar-refractivity contribution in [3.63, 3.8) is 0 Å². The van der Waals surface area contributed by atoms with E-state index in [0.717, 1.165) is 5.56 Å². The minimum Gasteiger partial charge on any atom is -0.376 e. The highest BCUT2D eigenvalue weighted by molar-refractivity contribution is 5.26. The van der Waals surface area contributed by atoms with Crippen LogP contribution >= 0.6 is 0 Å². The van der Waals surface area contributed by atoms with Crippen molar-refractivity contribution in [1.82, 2.24) is 0 Å². The monoisotopic (exact) mass is 260 g/mol. The number of aliphatic hydroxyl groups excluding tert-OH is 1. The van der Waals surface area contributed by atoms with Gasteiger partial charge in [-0.2, -0.15) is 0 Å². The molecule has 0 amide bonds. The maximum absolute atomic E-state index is 9.98. The quantitative estimate of drug-likeness (QED) is 0.777. The molecule has 0 radical (unpaired) electrons. The molecule has 1 aromatic carbocycles. The van der Waals surface area contributed by atoms with Crippen LogP contribution in [0.3, 0.4) is 0 Å². The van der Waals surface area contributed by atoms with E-state index in [2.05, 4.69) is 11.8 Å². The highest BCUT2D eigenvalue weighted by atomic mass is 16.9. The Labute approximate surface area is 112 Å². The molecule has 4 nitrogen and oxygen atoms in total. The van der Waals surface area contributed by atoms with Crippen LogP contribution in [0, 0.1) is 17.3 Å². The van der Waals surface area contributed by atoms with Gasteiger partial charge < -0.3 is 19.3 Å². The first kappa shape index (κ1) is 12.6. The molecule has 1 N–H and O–H groups in total. The summed E-state index contributed by atoms with van der Waals surface area (Å²) in [6.45, 7) is 3.72. The summed E-state index contributed by atoms with van der Waals surface area (Å²) >= 11 is 0. The van der Waals surface area contributed by atoms with Gasteiger partial charge in [-0.25, -0.2) is 0 Å². The molecule has 3 aliphatic rings. The average molecular weight is 260 g/mol. The Kier molecular flexibility index (Phi) is 3.08. The van der Waals surface area contributed by atoms with Gasteiger partial charge in [0.15, 0.2) is 0 Å². The molecule has 4 rings (SSSR count). The first-order chi connectivity index (χ1) is 9.11. The van der Waals surface area contributed by atoms with Crippen molar-refractivity contribution in [2.45, 2.75) is 19.0 Å². The van der Waals surface area contributed by atoms with Crippen LogP contribution in [0.5, 0.6) is 0 Å². The molecule has 0 saturated carbocycles. The van der Waals surface area contributed by atoms with Crippen molar-refractivity contribution in [3.05, 3.63) is 35.9 Å². The van der Waals surface area contributed by atoms with E-state index in [1.807, 2.05) is 37.3 Å². The Bertz CT molecular complexity index is 489. The highest BCUT2D eigenvalue weighted by Gasteiger charge is 2.49. The third-order valence-corrected chi connectivity index (χ3v) is 3.31. The third-order valence-electron chi connectivity index (χ3n) is 3.31. The summed E-state index contributed by atoms with van der Waals surface area (Å²) in [6, 6.07) is 9.24. The van der Waals surface area contributed by atoms with E-state index in [9.17, 15) is 5.11 Å². The Balaban J connectivity index is 1.74. The van der Waals surface area contributed by atoms with E-state index in [4.69, 9.17) is 14.2 Å². The number of rotatable bonds is 1. The summed E-state index contributed by atoms with van der Waals surface area (Å²) in [6.07, 6.45) is -0.874. The molecule has 19 heavy (non-hydrogen) atoms. The van der Waals surface area contributed by atoms with Gasteiger partial charge in [0, 0.05) is 5.41 Å². The second-order valence-corrected chi connectivity index (χ2v) is 5.32. The molecule has 0 aromatic heterocycles. The van der Waals surface area contributed by atoms with Gasteiger partial charge in [-0.05, 0) is 11.5 Å². The normalized spacial score (nSPS) is 34.4. The summed E-state index contributed by atoms with van der Waals surface area (Å²) in [5, 5.41) is 9.98. The van der Waals surface area contributed by atoms with Crippen LogP contribution in [0.25, 0.3) is 0 Å². The van der Waals surface area contributed by atoms with Gasteiger partial charge in [0.2, 0.25) is 0 Å². The van der Waals surface area contributed by atoms with Crippen LogP contribution in [0.1, 0.15) is 18.6 Å². The number of hydrogen-bond acceptors (Lipinski definition) is 4. The number of hydrogen-bond donors (Lipinski definition) is 1. The van der Waals surface area contributed by atoms with Crippen molar-refractivity contribution in [1.29, 1.82) is 0 Å². The molecule has 2 bridgehead atoms. The van der Waals surface area contributed by atoms with Crippen LogP contribution in [0.2, 0.25) is 0 Å². The zero-order valence-electron chi connectivity index (χ0n) is 10.8. The standard InChI is InChI=1S/C15H16O4/c1-14-9-17-15(18-10-14,19-11-14)8-7-13(16)12-5-3-2-4-6-12/h2-6,13,16H,9-11H2,1H3. The Hall–Kier alpha value is -1.38. The van der Waals surface area contributed by atoms with E-state index in [-0.39, 0.29) is 5.41 Å². The Morgan fingerprint density at radius 2 is 1.68 bits per heavy atom. The molecule has 1 unspecified atom stereocenters. The van der Waals surface area contributed by atoms with Crippen LogP contribution in [-0.2, 0) is 14.2 Å².